The minimum Gasteiger partial charge on any atom is -0.386 e. The van der Waals surface area contributed by atoms with E-state index in [0.29, 0.717) is 25.3 Å². The quantitative estimate of drug-likeness (QED) is 0.775. The van der Waals surface area contributed by atoms with Crippen LogP contribution in [0.4, 0.5) is 0 Å². The van der Waals surface area contributed by atoms with Crippen molar-refractivity contribution in [2.75, 3.05) is 19.8 Å². The molecule has 0 aliphatic carbocycles. The number of rotatable bonds is 4. The van der Waals surface area contributed by atoms with Crippen LogP contribution in [0.15, 0.2) is 0 Å². The predicted molar refractivity (Wildman–Crippen MR) is 66.0 cm³/mol. The van der Waals surface area contributed by atoms with Crippen LogP contribution in [0.5, 0.6) is 0 Å². The molecule has 2 heterocycles. The molecule has 0 bridgehead atoms. The lowest BCUT2D eigenvalue weighted by atomic mass is 9.95. The van der Waals surface area contributed by atoms with Crippen LogP contribution in [0, 0.1) is 0 Å². The number of hydrogen-bond acceptors (Lipinski definition) is 4. The van der Waals surface area contributed by atoms with Crippen LogP contribution in [0.1, 0.15) is 39.5 Å². The van der Waals surface area contributed by atoms with Crippen molar-refractivity contribution < 1.29 is 14.6 Å². The number of nitrogens with one attached hydrogen (secondary N) is 1. The molecule has 0 radical (unpaired) electrons. The molecule has 2 rings (SSSR count). The number of ether oxygens (including phenoxy) is 2. The van der Waals surface area contributed by atoms with E-state index >= 15 is 0 Å². The molecule has 0 saturated carbocycles. The fraction of sp³-hybridized carbons (Fsp3) is 1.00. The second-order valence-corrected chi connectivity index (χ2v) is 5.37. The molecule has 0 aromatic rings. The zero-order valence-electron chi connectivity index (χ0n) is 10.9. The lowest BCUT2D eigenvalue weighted by Gasteiger charge is -2.33. The molecule has 2 aliphatic rings. The van der Waals surface area contributed by atoms with E-state index in [-0.39, 0.29) is 6.10 Å². The molecule has 0 amide bonds. The van der Waals surface area contributed by atoms with Gasteiger partial charge in [-0.3, -0.25) is 0 Å². The van der Waals surface area contributed by atoms with E-state index in [1.807, 2.05) is 6.92 Å². The van der Waals surface area contributed by atoms with Crippen LogP contribution in [-0.4, -0.2) is 48.7 Å². The molecule has 0 aromatic carbocycles. The van der Waals surface area contributed by atoms with Crippen molar-refractivity contribution in [2.24, 2.45) is 0 Å². The van der Waals surface area contributed by atoms with E-state index in [0.717, 1.165) is 32.3 Å². The maximum absolute atomic E-state index is 10.4. The molecule has 2 saturated heterocycles. The zero-order valence-corrected chi connectivity index (χ0v) is 10.9. The Morgan fingerprint density at radius 3 is 2.82 bits per heavy atom. The van der Waals surface area contributed by atoms with Gasteiger partial charge in [-0.1, -0.05) is 6.92 Å². The van der Waals surface area contributed by atoms with E-state index in [1.54, 1.807) is 0 Å². The topological polar surface area (TPSA) is 50.7 Å². The van der Waals surface area contributed by atoms with Crippen LogP contribution < -0.4 is 5.32 Å². The van der Waals surface area contributed by atoms with Gasteiger partial charge >= 0.3 is 0 Å². The van der Waals surface area contributed by atoms with Crippen LogP contribution in [-0.2, 0) is 9.47 Å². The average Bonchev–Trinajstić information content (AvgIpc) is 2.68. The van der Waals surface area contributed by atoms with Crippen LogP contribution in [0.2, 0.25) is 0 Å². The van der Waals surface area contributed by atoms with Gasteiger partial charge in [-0.25, -0.2) is 0 Å². The van der Waals surface area contributed by atoms with Crippen molar-refractivity contribution in [1.29, 1.82) is 0 Å². The van der Waals surface area contributed by atoms with E-state index < -0.39 is 5.60 Å². The van der Waals surface area contributed by atoms with E-state index in [4.69, 9.17) is 9.47 Å². The SMILES string of the molecule is CCC1CC(NCC2(O)CCOC2C)CCO1. The molecule has 2 N–H and O–H groups in total. The highest BCUT2D eigenvalue weighted by atomic mass is 16.5. The summed E-state index contributed by atoms with van der Waals surface area (Å²) in [7, 11) is 0. The van der Waals surface area contributed by atoms with Gasteiger partial charge in [0.2, 0.25) is 0 Å². The molecule has 4 unspecified atom stereocenters. The van der Waals surface area contributed by atoms with Crippen LogP contribution >= 0.6 is 0 Å². The van der Waals surface area contributed by atoms with Gasteiger partial charge in [-0.2, -0.15) is 0 Å². The average molecular weight is 243 g/mol. The maximum atomic E-state index is 10.4. The molecule has 2 fully saturated rings. The Balaban J connectivity index is 1.77. The maximum Gasteiger partial charge on any atom is 0.105 e. The zero-order chi connectivity index (χ0) is 12.3. The van der Waals surface area contributed by atoms with Crippen molar-refractivity contribution in [2.45, 2.75) is 63.4 Å². The first-order valence-electron chi connectivity index (χ1n) is 6.83. The molecule has 0 spiro atoms. The first-order chi connectivity index (χ1) is 8.14. The van der Waals surface area contributed by atoms with Crippen molar-refractivity contribution in [3.05, 3.63) is 0 Å². The normalized spacial score (nSPS) is 42.9. The van der Waals surface area contributed by atoms with Gasteiger partial charge in [0.15, 0.2) is 0 Å². The Morgan fingerprint density at radius 2 is 2.18 bits per heavy atom. The van der Waals surface area contributed by atoms with Gasteiger partial charge in [0.25, 0.3) is 0 Å². The second-order valence-electron chi connectivity index (χ2n) is 5.37. The molecular weight excluding hydrogens is 218 g/mol. The standard InChI is InChI=1S/C13H25NO3/c1-3-12-8-11(4-6-17-12)14-9-13(15)5-7-16-10(13)2/h10-12,14-15H,3-9H2,1-2H3. The highest BCUT2D eigenvalue weighted by molar-refractivity contribution is 4.93. The highest BCUT2D eigenvalue weighted by Crippen LogP contribution is 2.25. The minimum absolute atomic E-state index is 0.0585. The number of hydrogen-bond donors (Lipinski definition) is 2. The molecule has 2 aliphatic heterocycles. The smallest absolute Gasteiger partial charge is 0.105 e. The summed E-state index contributed by atoms with van der Waals surface area (Å²) in [5, 5.41) is 13.9. The summed E-state index contributed by atoms with van der Waals surface area (Å²) >= 11 is 0. The highest BCUT2D eigenvalue weighted by Gasteiger charge is 2.39. The summed E-state index contributed by atoms with van der Waals surface area (Å²) < 4.78 is 11.1. The Morgan fingerprint density at radius 1 is 1.35 bits per heavy atom. The second kappa shape index (κ2) is 5.65. The molecule has 100 valence electrons. The van der Waals surface area contributed by atoms with Gasteiger partial charge in [0.05, 0.1) is 12.2 Å². The van der Waals surface area contributed by atoms with Crippen molar-refractivity contribution in [3.63, 3.8) is 0 Å². The predicted octanol–water partition coefficient (Wildman–Crippen LogP) is 1.07. The van der Waals surface area contributed by atoms with Gasteiger partial charge in [0.1, 0.15) is 5.60 Å². The Bertz CT molecular complexity index is 249. The van der Waals surface area contributed by atoms with Gasteiger partial charge in [0, 0.05) is 32.2 Å². The largest absolute Gasteiger partial charge is 0.386 e. The van der Waals surface area contributed by atoms with Gasteiger partial charge in [-0.05, 0) is 26.2 Å². The first kappa shape index (κ1) is 13.3. The van der Waals surface area contributed by atoms with E-state index in [2.05, 4.69) is 12.2 Å². The summed E-state index contributed by atoms with van der Waals surface area (Å²) in [6, 6.07) is 0.477. The molecule has 17 heavy (non-hydrogen) atoms. The Kier molecular flexibility index (Phi) is 4.42. The van der Waals surface area contributed by atoms with Crippen LogP contribution in [0.25, 0.3) is 0 Å². The fourth-order valence-corrected chi connectivity index (χ4v) is 2.67. The number of aliphatic hydroxyl groups is 1. The molecule has 4 nitrogen and oxygen atoms in total. The van der Waals surface area contributed by atoms with Crippen molar-refractivity contribution >= 4 is 0 Å². The molecule has 4 heteroatoms. The Hall–Kier alpha value is -0.160. The van der Waals surface area contributed by atoms with Crippen molar-refractivity contribution in [3.8, 4) is 0 Å². The third-order valence-corrected chi connectivity index (χ3v) is 4.18. The fourth-order valence-electron chi connectivity index (χ4n) is 2.67. The third kappa shape index (κ3) is 3.19. The molecular formula is C13H25NO3. The lowest BCUT2D eigenvalue weighted by molar-refractivity contribution is -0.0368. The van der Waals surface area contributed by atoms with E-state index in [9.17, 15) is 5.11 Å². The molecule has 0 aromatic heterocycles. The Labute approximate surface area is 104 Å². The summed E-state index contributed by atoms with van der Waals surface area (Å²) in [5.74, 6) is 0. The first-order valence-corrected chi connectivity index (χ1v) is 6.83. The third-order valence-electron chi connectivity index (χ3n) is 4.18. The summed E-state index contributed by atoms with van der Waals surface area (Å²) in [4.78, 5) is 0. The van der Waals surface area contributed by atoms with E-state index in [1.165, 1.54) is 0 Å². The summed E-state index contributed by atoms with van der Waals surface area (Å²) in [6.07, 6.45) is 4.23. The van der Waals surface area contributed by atoms with Crippen molar-refractivity contribution in [1.82, 2.24) is 5.32 Å². The minimum atomic E-state index is -0.681. The van der Waals surface area contributed by atoms with Crippen LogP contribution in [0.3, 0.4) is 0 Å². The van der Waals surface area contributed by atoms with Gasteiger partial charge < -0.3 is 19.9 Å². The monoisotopic (exact) mass is 243 g/mol. The summed E-state index contributed by atoms with van der Waals surface area (Å²) in [6.45, 7) is 6.25. The lowest BCUT2D eigenvalue weighted by Crippen LogP contribution is -2.50. The summed E-state index contributed by atoms with van der Waals surface area (Å²) in [5.41, 5.74) is -0.681. The molecule has 4 atom stereocenters. The van der Waals surface area contributed by atoms with Gasteiger partial charge in [-0.15, -0.1) is 0 Å².